The summed E-state index contributed by atoms with van der Waals surface area (Å²) in [6, 6.07) is 19.1. The molecule has 0 bridgehead atoms. The molecular formula is C25H29N5O. The lowest BCUT2D eigenvalue weighted by atomic mass is 9.94. The zero-order valence-electron chi connectivity index (χ0n) is 17.9. The van der Waals surface area contributed by atoms with E-state index in [0.29, 0.717) is 6.54 Å². The third-order valence-corrected chi connectivity index (χ3v) is 6.48. The molecule has 2 aromatic carbocycles. The van der Waals surface area contributed by atoms with E-state index in [1.54, 1.807) is 6.33 Å². The Morgan fingerprint density at radius 2 is 1.81 bits per heavy atom. The molecule has 1 aromatic heterocycles. The van der Waals surface area contributed by atoms with Crippen molar-refractivity contribution in [1.82, 2.24) is 14.9 Å². The van der Waals surface area contributed by atoms with E-state index in [9.17, 15) is 5.11 Å². The van der Waals surface area contributed by atoms with Gasteiger partial charge in [-0.2, -0.15) is 0 Å². The van der Waals surface area contributed by atoms with Crippen LogP contribution in [0, 0.1) is 6.92 Å². The Balaban J connectivity index is 1.24. The minimum absolute atomic E-state index is 0.191. The molecule has 160 valence electrons. The first-order valence-corrected chi connectivity index (χ1v) is 11.1. The van der Waals surface area contributed by atoms with Crippen molar-refractivity contribution in [3.8, 4) is 0 Å². The average molecular weight is 416 g/mol. The molecule has 2 aliphatic rings. The van der Waals surface area contributed by atoms with E-state index in [0.717, 1.165) is 49.8 Å². The lowest BCUT2D eigenvalue weighted by molar-refractivity contribution is 0.0293. The molecule has 3 aromatic rings. The molecule has 0 amide bonds. The van der Waals surface area contributed by atoms with Crippen LogP contribution in [0.2, 0.25) is 0 Å². The first-order chi connectivity index (χ1) is 15.2. The van der Waals surface area contributed by atoms with Gasteiger partial charge in [-0.05, 0) is 43.0 Å². The van der Waals surface area contributed by atoms with Crippen molar-refractivity contribution in [2.45, 2.75) is 38.5 Å². The number of rotatable bonds is 4. The SMILES string of the molecule is Cc1ccc(Nc2cc(N3CCC(N4CCc5ccccc5C4)[C@@H](O)C3)ncn2)cc1. The Labute approximate surface area is 183 Å². The summed E-state index contributed by atoms with van der Waals surface area (Å²) < 4.78 is 0. The maximum Gasteiger partial charge on any atom is 0.135 e. The lowest BCUT2D eigenvalue weighted by Gasteiger charge is -2.43. The molecule has 2 atom stereocenters. The van der Waals surface area contributed by atoms with Gasteiger partial charge in [0, 0.05) is 44.0 Å². The Morgan fingerprint density at radius 1 is 1.00 bits per heavy atom. The van der Waals surface area contributed by atoms with E-state index < -0.39 is 6.10 Å². The van der Waals surface area contributed by atoms with Crippen molar-refractivity contribution in [3.05, 3.63) is 77.6 Å². The summed E-state index contributed by atoms with van der Waals surface area (Å²) in [6.07, 6.45) is 3.17. The quantitative estimate of drug-likeness (QED) is 0.680. The van der Waals surface area contributed by atoms with Crippen LogP contribution in [-0.2, 0) is 13.0 Å². The van der Waals surface area contributed by atoms with Crippen LogP contribution in [0.1, 0.15) is 23.1 Å². The minimum Gasteiger partial charge on any atom is -0.390 e. The molecular weight excluding hydrogens is 386 g/mol. The number of aromatic nitrogens is 2. The predicted molar refractivity (Wildman–Crippen MR) is 124 cm³/mol. The Kier molecular flexibility index (Phi) is 5.57. The van der Waals surface area contributed by atoms with E-state index >= 15 is 0 Å². The summed E-state index contributed by atoms with van der Waals surface area (Å²) in [6.45, 7) is 5.47. The standard InChI is InChI=1S/C25H29N5O/c1-18-6-8-21(9-7-18)28-24-14-25(27-17-26-24)30-13-11-22(23(31)16-30)29-12-10-19-4-2-3-5-20(19)15-29/h2-9,14,17,22-23,31H,10-13,15-16H2,1H3,(H,26,27,28)/t22?,23-/m0/s1. The molecule has 1 saturated heterocycles. The van der Waals surface area contributed by atoms with Crippen molar-refractivity contribution < 1.29 is 5.11 Å². The monoisotopic (exact) mass is 415 g/mol. The second-order valence-corrected chi connectivity index (χ2v) is 8.61. The fourth-order valence-corrected chi connectivity index (χ4v) is 4.73. The Bertz CT molecular complexity index is 1040. The Hall–Kier alpha value is -2.96. The number of piperidine rings is 1. The van der Waals surface area contributed by atoms with Gasteiger partial charge in [-0.3, -0.25) is 4.90 Å². The number of hydrogen-bond donors (Lipinski definition) is 2. The van der Waals surface area contributed by atoms with Gasteiger partial charge in [0.05, 0.1) is 6.10 Å². The summed E-state index contributed by atoms with van der Waals surface area (Å²) in [5.41, 5.74) is 5.06. The number of fused-ring (bicyclic) bond motifs is 1. The molecule has 6 heteroatoms. The zero-order valence-corrected chi connectivity index (χ0v) is 17.9. The third kappa shape index (κ3) is 4.40. The van der Waals surface area contributed by atoms with Crippen molar-refractivity contribution in [2.75, 3.05) is 29.9 Å². The smallest absolute Gasteiger partial charge is 0.135 e. The van der Waals surface area contributed by atoms with Crippen molar-refractivity contribution in [3.63, 3.8) is 0 Å². The number of aliphatic hydroxyl groups excluding tert-OH is 1. The number of aryl methyl sites for hydroxylation is 1. The summed E-state index contributed by atoms with van der Waals surface area (Å²) in [7, 11) is 0. The van der Waals surface area contributed by atoms with E-state index in [1.165, 1.54) is 16.7 Å². The van der Waals surface area contributed by atoms with Crippen molar-refractivity contribution >= 4 is 17.3 Å². The van der Waals surface area contributed by atoms with Crippen LogP contribution in [0.25, 0.3) is 0 Å². The molecule has 0 aliphatic carbocycles. The van der Waals surface area contributed by atoms with Crippen LogP contribution >= 0.6 is 0 Å². The first-order valence-electron chi connectivity index (χ1n) is 11.1. The predicted octanol–water partition coefficient (Wildman–Crippen LogP) is 3.53. The van der Waals surface area contributed by atoms with E-state index in [4.69, 9.17) is 0 Å². The topological polar surface area (TPSA) is 64.5 Å². The Morgan fingerprint density at radius 3 is 2.61 bits per heavy atom. The van der Waals surface area contributed by atoms with Gasteiger partial charge in [0.15, 0.2) is 0 Å². The first kappa shape index (κ1) is 20.0. The van der Waals surface area contributed by atoms with E-state index in [1.807, 2.05) is 18.2 Å². The van der Waals surface area contributed by atoms with Gasteiger partial charge in [0.1, 0.15) is 18.0 Å². The van der Waals surface area contributed by atoms with Gasteiger partial charge in [-0.25, -0.2) is 9.97 Å². The van der Waals surface area contributed by atoms with E-state index in [2.05, 4.69) is 68.4 Å². The highest BCUT2D eigenvalue weighted by atomic mass is 16.3. The molecule has 6 nitrogen and oxygen atoms in total. The van der Waals surface area contributed by atoms with Crippen molar-refractivity contribution in [1.29, 1.82) is 0 Å². The fourth-order valence-electron chi connectivity index (χ4n) is 4.73. The number of nitrogens with zero attached hydrogens (tertiary/aromatic N) is 4. The highest BCUT2D eigenvalue weighted by Crippen LogP contribution is 2.27. The van der Waals surface area contributed by atoms with Crippen LogP contribution in [-0.4, -0.2) is 51.8 Å². The fraction of sp³-hybridized carbons (Fsp3) is 0.360. The van der Waals surface area contributed by atoms with Crippen LogP contribution in [0.4, 0.5) is 17.3 Å². The summed E-state index contributed by atoms with van der Waals surface area (Å²) in [5.74, 6) is 1.62. The van der Waals surface area contributed by atoms with Gasteiger partial charge < -0.3 is 15.3 Å². The maximum absolute atomic E-state index is 11.0. The lowest BCUT2D eigenvalue weighted by Crippen LogP contribution is -2.55. The number of β-amino-alcohol motifs (C(OH)–C–C–N with tert-alkyl or cyclic N) is 1. The van der Waals surface area contributed by atoms with E-state index in [-0.39, 0.29) is 6.04 Å². The second kappa shape index (κ2) is 8.65. The van der Waals surface area contributed by atoms with Gasteiger partial charge in [-0.15, -0.1) is 0 Å². The highest BCUT2D eigenvalue weighted by Gasteiger charge is 2.34. The van der Waals surface area contributed by atoms with Gasteiger partial charge in [0.2, 0.25) is 0 Å². The number of benzene rings is 2. The summed E-state index contributed by atoms with van der Waals surface area (Å²) >= 11 is 0. The normalized spacial score (nSPS) is 21.5. The summed E-state index contributed by atoms with van der Waals surface area (Å²) in [5, 5.41) is 14.3. The van der Waals surface area contributed by atoms with Gasteiger partial charge in [0.25, 0.3) is 0 Å². The number of aliphatic hydroxyl groups is 1. The third-order valence-electron chi connectivity index (χ3n) is 6.48. The highest BCUT2D eigenvalue weighted by molar-refractivity contribution is 5.59. The molecule has 31 heavy (non-hydrogen) atoms. The second-order valence-electron chi connectivity index (χ2n) is 8.61. The maximum atomic E-state index is 11.0. The summed E-state index contributed by atoms with van der Waals surface area (Å²) in [4.78, 5) is 13.5. The minimum atomic E-state index is -0.400. The molecule has 0 saturated carbocycles. The molecule has 2 N–H and O–H groups in total. The number of anilines is 3. The van der Waals surface area contributed by atoms with Gasteiger partial charge in [-0.1, -0.05) is 42.0 Å². The van der Waals surface area contributed by atoms with Crippen LogP contribution in [0.15, 0.2) is 60.9 Å². The zero-order chi connectivity index (χ0) is 21.2. The number of nitrogens with one attached hydrogen (secondary N) is 1. The van der Waals surface area contributed by atoms with Gasteiger partial charge >= 0.3 is 0 Å². The molecule has 3 heterocycles. The van der Waals surface area contributed by atoms with Crippen LogP contribution < -0.4 is 10.2 Å². The molecule has 5 rings (SSSR count). The van der Waals surface area contributed by atoms with Crippen LogP contribution in [0.3, 0.4) is 0 Å². The molecule has 0 radical (unpaired) electrons. The number of hydrogen-bond acceptors (Lipinski definition) is 6. The molecule has 2 aliphatic heterocycles. The van der Waals surface area contributed by atoms with Crippen molar-refractivity contribution in [2.24, 2.45) is 0 Å². The molecule has 1 fully saturated rings. The average Bonchev–Trinajstić information content (AvgIpc) is 2.80. The largest absolute Gasteiger partial charge is 0.390 e. The van der Waals surface area contributed by atoms with Crippen LogP contribution in [0.5, 0.6) is 0 Å². The molecule has 0 spiro atoms. The molecule has 1 unspecified atom stereocenters.